The van der Waals surface area contributed by atoms with E-state index in [1.54, 1.807) is 0 Å². The molecule has 0 saturated heterocycles. The predicted molar refractivity (Wildman–Crippen MR) is 88.5 cm³/mol. The van der Waals surface area contributed by atoms with Crippen LogP contribution in [0.1, 0.15) is 29.7 Å². The summed E-state index contributed by atoms with van der Waals surface area (Å²) in [6, 6.07) is 10.5. The minimum atomic E-state index is -4.46. The van der Waals surface area contributed by atoms with Crippen molar-refractivity contribution < 1.29 is 13.2 Å². The average molecular weight is 359 g/mol. The van der Waals surface area contributed by atoms with E-state index in [0.717, 1.165) is 17.8 Å². The van der Waals surface area contributed by atoms with Crippen LogP contribution in [0.5, 0.6) is 0 Å². The third kappa shape index (κ3) is 4.65. The van der Waals surface area contributed by atoms with Crippen LogP contribution in [0.3, 0.4) is 0 Å². The maximum Gasteiger partial charge on any atom is 0.417 e. The molecule has 1 unspecified atom stereocenters. The molecule has 2 nitrogen and oxygen atoms in total. The molecule has 0 aliphatic heterocycles. The molecule has 1 aromatic carbocycles. The molecule has 0 fully saturated rings. The number of hydrogen-bond donors (Lipinski definition) is 1. The lowest BCUT2D eigenvalue weighted by molar-refractivity contribution is -0.137. The SMILES string of the molecule is CC(C(=S)NCc1ncc(C(F)(F)F)cc1Cl)c1ccccc1. The molecule has 0 amide bonds. The molecule has 7 heteroatoms. The minimum Gasteiger partial charge on any atom is -0.373 e. The third-order valence-corrected chi connectivity index (χ3v) is 4.19. The van der Waals surface area contributed by atoms with Crippen molar-refractivity contribution in [2.24, 2.45) is 0 Å². The van der Waals surface area contributed by atoms with E-state index in [1.807, 2.05) is 37.3 Å². The van der Waals surface area contributed by atoms with E-state index in [1.165, 1.54) is 0 Å². The van der Waals surface area contributed by atoms with Crippen LogP contribution >= 0.6 is 23.8 Å². The van der Waals surface area contributed by atoms with E-state index in [4.69, 9.17) is 23.8 Å². The van der Waals surface area contributed by atoms with Gasteiger partial charge >= 0.3 is 6.18 Å². The molecule has 2 aromatic rings. The van der Waals surface area contributed by atoms with Crippen LogP contribution in [-0.4, -0.2) is 9.97 Å². The molecule has 1 aromatic heterocycles. The van der Waals surface area contributed by atoms with Gasteiger partial charge < -0.3 is 5.32 Å². The van der Waals surface area contributed by atoms with E-state index in [2.05, 4.69) is 10.3 Å². The highest BCUT2D eigenvalue weighted by molar-refractivity contribution is 7.80. The van der Waals surface area contributed by atoms with E-state index >= 15 is 0 Å². The Morgan fingerprint density at radius 2 is 1.96 bits per heavy atom. The smallest absolute Gasteiger partial charge is 0.373 e. The van der Waals surface area contributed by atoms with Crippen molar-refractivity contribution in [1.82, 2.24) is 10.3 Å². The summed E-state index contributed by atoms with van der Waals surface area (Å²) in [6.07, 6.45) is -3.69. The Kier molecular flexibility index (Phi) is 5.59. The molecule has 1 heterocycles. The Balaban J connectivity index is 2.02. The van der Waals surface area contributed by atoms with Gasteiger partial charge in [-0.15, -0.1) is 0 Å². The number of benzene rings is 1. The van der Waals surface area contributed by atoms with Gasteiger partial charge in [-0.25, -0.2) is 0 Å². The third-order valence-electron chi connectivity index (χ3n) is 3.37. The molecule has 0 aliphatic carbocycles. The Morgan fingerprint density at radius 3 is 2.52 bits per heavy atom. The number of thiocarbonyl (C=S) groups is 1. The number of pyridine rings is 1. The second kappa shape index (κ2) is 7.27. The van der Waals surface area contributed by atoms with Gasteiger partial charge in [-0.05, 0) is 11.6 Å². The van der Waals surface area contributed by atoms with Gasteiger partial charge in [0, 0.05) is 12.1 Å². The molecule has 0 spiro atoms. The zero-order valence-electron chi connectivity index (χ0n) is 12.2. The molecular formula is C16H14ClF3N2S. The largest absolute Gasteiger partial charge is 0.417 e. The fourth-order valence-corrected chi connectivity index (χ4v) is 2.41. The molecule has 0 saturated carbocycles. The lowest BCUT2D eigenvalue weighted by atomic mass is 10.0. The molecular weight excluding hydrogens is 345 g/mol. The van der Waals surface area contributed by atoms with Crippen LogP contribution in [0.4, 0.5) is 13.2 Å². The molecule has 1 N–H and O–H groups in total. The van der Waals surface area contributed by atoms with Gasteiger partial charge in [-0.3, -0.25) is 4.98 Å². The van der Waals surface area contributed by atoms with Gasteiger partial charge in [0.25, 0.3) is 0 Å². The first-order valence-electron chi connectivity index (χ1n) is 6.83. The van der Waals surface area contributed by atoms with Crippen molar-refractivity contribution in [1.29, 1.82) is 0 Å². The standard InChI is InChI=1S/C16H14ClF3N2S/c1-10(11-5-3-2-4-6-11)15(23)22-9-14-13(17)7-12(8-21-14)16(18,19)20/h2-8,10H,9H2,1H3,(H,22,23). The van der Waals surface area contributed by atoms with Crippen molar-refractivity contribution in [2.75, 3.05) is 0 Å². The summed E-state index contributed by atoms with van der Waals surface area (Å²) in [5.74, 6) is -0.0144. The number of hydrogen-bond acceptors (Lipinski definition) is 2. The van der Waals surface area contributed by atoms with Crippen LogP contribution in [0, 0.1) is 0 Å². The number of halogens is 4. The van der Waals surface area contributed by atoms with E-state index in [0.29, 0.717) is 10.7 Å². The second-order valence-electron chi connectivity index (χ2n) is 5.00. The summed E-state index contributed by atoms with van der Waals surface area (Å²) in [4.78, 5) is 4.35. The van der Waals surface area contributed by atoms with Gasteiger partial charge in [-0.2, -0.15) is 13.2 Å². The van der Waals surface area contributed by atoms with Gasteiger partial charge in [0.05, 0.1) is 27.8 Å². The van der Waals surface area contributed by atoms with E-state index < -0.39 is 11.7 Å². The van der Waals surface area contributed by atoms with Crippen LogP contribution in [-0.2, 0) is 12.7 Å². The summed E-state index contributed by atoms with van der Waals surface area (Å²) in [7, 11) is 0. The summed E-state index contributed by atoms with van der Waals surface area (Å²) in [5.41, 5.74) is 0.505. The van der Waals surface area contributed by atoms with Crippen molar-refractivity contribution in [2.45, 2.75) is 25.6 Å². The number of aromatic nitrogens is 1. The Hall–Kier alpha value is -1.66. The van der Waals surface area contributed by atoms with Crippen molar-refractivity contribution in [3.8, 4) is 0 Å². The first-order valence-corrected chi connectivity index (χ1v) is 7.62. The zero-order chi connectivity index (χ0) is 17.0. The van der Waals surface area contributed by atoms with Gasteiger partial charge in [0.2, 0.25) is 0 Å². The number of alkyl halides is 3. The fraction of sp³-hybridized carbons (Fsp3) is 0.250. The van der Waals surface area contributed by atoms with Gasteiger partial charge in [0.15, 0.2) is 0 Å². The summed E-state index contributed by atoms with van der Waals surface area (Å²) in [6.45, 7) is 2.12. The van der Waals surface area contributed by atoms with Crippen LogP contribution in [0.15, 0.2) is 42.6 Å². The first kappa shape index (κ1) is 17.7. The molecule has 1 atom stereocenters. The van der Waals surface area contributed by atoms with E-state index in [9.17, 15) is 13.2 Å². The predicted octanol–water partition coefficient (Wildman–Crippen LogP) is 4.97. The highest BCUT2D eigenvalue weighted by Gasteiger charge is 2.31. The lowest BCUT2D eigenvalue weighted by Crippen LogP contribution is -2.26. The number of nitrogens with one attached hydrogen (secondary N) is 1. The van der Waals surface area contributed by atoms with Crippen LogP contribution < -0.4 is 5.32 Å². The lowest BCUT2D eigenvalue weighted by Gasteiger charge is -2.16. The second-order valence-corrected chi connectivity index (χ2v) is 5.85. The minimum absolute atomic E-state index is 0.0144. The normalized spacial score (nSPS) is 12.7. The van der Waals surface area contributed by atoms with Gasteiger partial charge in [-0.1, -0.05) is 61.1 Å². The summed E-state index contributed by atoms with van der Waals surface area (Å²) in [5, 5.41) is 2.96. The van der Waals surface area contributed by atoms with Crippen LogP contribution in [0.2, 0.25) is 5.02 Å². The summed E-state index contributed by atoms with van der Waals surface area (Å²) < 4.78 is 37.7. The van der Waals surface area contributed by atoms with Crippen molar-refractivity contribution in [3.63, 3.8) is 0 Å². The monoisotopic (exact) mass is 358 g/mol. The molecule has 23 heavy (non-hydrogen) atoms. The van der Waals surface area contributed by atoms with Crippen molar-refractivity contribution >= 4 is 28.8 Å². The summed E-state index contributed by atoms with van der Waals surface area (Å²) >= 11 is 11.2. The van der Waals surface area contributed by atoms with Gasteiger partial charge in [0.1, 0.15) is 0 Å². The molecule has 0 radical (unpaired) electrons. The molecule has 122 valence electrons. The highest BCUT2D eigenvalue weighted by atomic mass is 35.5. The topological polar surface area (TPSA) is 24.9 Å². The quantitative estimate of drug-likeness (QED) is 0.781. The average Bonchev–Trinajstić information content (AvgIpc) is 2.52. The zero-order valence-corrected chi connectivity index (χ0v) is 13.8. The fourth-order valence-electron chi connectivity index (χ4n) is 1.97. The van der Waals surface area contributed by atoms with Crippen LogP contribution in [0.25, 0.3) is 0 Å². The Bertz CT molecular complexity index is 689. The Labute approximate surface area is 142 Å². The number of rotatable bonds is 4. The molecule has 0 aliphatic rings. The first-order chi connectivity index (χ1) is 10.8. The van der Waals surface area contributed by atoms with E-state index in [-0.39, 0.29) is 17.5 Å². The molecule has 2 rings (SSSR count). The highest BCUT2D eigenvalue weighted by Crippen LogP contribution is 2.31. The Morgan fingerprint density at radius 1 is 1.30 bits per heavy atom. The number of nitrogens with zero attached hydrogens (tertiary/aromatic N) is 1. The maximum atomic E-state index is 12.6. The molecule has 0 bridgehead atoms. The van der Waals surface area contributed by atoms with Crippen molar-refractivity contribution in [3.05, 3.63) is 64.4 Å². The maximum absolute atomic E-state index is 12.6.